The first kappa shape index (κ1) is 15.1. The van der Waals surface area contributed by atoms with Gasteiger partial charge in [0.25, 0.3) is 0 Å². The molecule has 1 atom stereocenters. The Morgan fingerprint density at radius 2 is 2.05 bits per heavy atom. The van der Waals surface area contributed by atoms with Crippen molar-refractivity contribution in [3.63, 3.8) is 0 Å². The van der Waals surface area contributed by atoms with Crippen LogP contribution in [0.2, 0.25) is 0 Å². The first-order valence-electron chi connectivity index (χ1n) is 7.60. The van der Waals surface area contributed by atoms with Crippen molar-refractivity contribution in [1.29, 1.82) is 0 Å². The SMILES string of the molecule is CC(=O)N1CCCCC1c1nc(C)cc(-c2nc(C)cs2)n1. The first-order chi connectivity index (χ1) is 10.5. The van der Waals surface area contributed by atoms with Gasteiger partial charge in [-0.15, -0.1) is 11.3 Å². The van der Waals surface area contributed by atoms with E-state index in [0.717, 1.165) is 53.7 Å². The van der Waals surface area contributed by atoms with Gasteiger partial charge in [-0.25, -0.2) is 15.0 Å². The van der Waals surface area contributed by atoms with Crippen molar-refractivity contribution < 1.29 is 4.79 Å². The van der Waals surface area contributed by atoms with Gasteiger partial charge in [0.1, 0.15) is 10.7 Å². The summed E-state index contributed by atoms with van der Waals surface area (Å²) >= 11 is 1.59. The van der Waals surface area contributed by atoms with Crippen LogP contribution in [0.15, 0.2) is 11.4 Å². The predicted octanol–water partition coefficient (Wildman–Crippen LogP) is 3.29. The second-order valence-corrected chi connectivity index (χ2v) is 6.63. The molecule has 1 aliphatic rings. The highest BCUT2D eigenvalue weighted by molar-refractivity contribution is 7.13. The number of carbonyl (C=O) groups is 1. The lowest BCUT2D eigenvalue weighted by atomic mass is 10.0. The fourth-order valence-electron chi connectivity index (χ4n) is 2.90. The minimum Gasteiger partial charge on any atom is -0.333 e. The summed E-state index contributed by atoms with van der Waals surface area (Å²) in [6.07, 6.45) is 3.09. The van der Waals surface area contributed by atoms with E-state index in [9.17, 15) is 4.79 Å². The number of rotatable bonds is 2. The third-order valence-electron chi connectivity index (χ3n) is 3.91. The summed E-state index contributed by atoms with van der Waals surface area (Å²) in [6.45, 7) is 6.37. The molecule has 1 amide bonds. The van der Waals surface area contributed by atoms with Gasteiger partial charge in [-0.1, -0.05) is 0 Å². The number of piperidine rings is 1. The number of thiazole rings is 1. The number of aryl methyl sites for hydroxylation is 2. The van der Waals surface area contributed by atoms with E-state index in [1.807, 2.05) is 30.2 Å². The van der Waals surface area contributed by atoms with Crippen LogP contribution >= 0.6 is 11.3 Å². The lowest BCUT2D eigenvalue weighted by Crippen LogP contribution is -2.37. The van der Waals surface area contributed by atoms with E-state index in [1.54, 1.807) is 18.3 Å². The molecule has 1 aliphatic heterocycles. The smallest absolute Gasteiger partial charge is 0.220 e. The quantitative estimate of drug-likeness (QED) is 0.853. The van der Waals surface area contributed by atoms with Crippen LogP contribution in [-0.2, 0) is 4.79 Å². The lowest BCUT2D eigenvalue weighted by Gasteiger charge is -2.34. The van der Waals surface area contributed by atoms with Crippen molar-refractivity contribution in [2.45, 2.75) is 46.1 Å². The second-order valence-electron chi connectivity index (χ2n) is 5.77. The van der Waals surface area contributed by atoms with E-state index < -0.39 is 0 Å². The first-order valence-corrected chi connectivity index (χ1v) is 8.48. The molecule has 6 heteroatoms. The summed E-state index contributed by atoms with van der Waals surface area (Å²) in [6, 6.07) is 1.95. The number of hydrogen-bond donors (Lipinski definition) is 0. The van der Waals surface area contributed by atoms with Crippen molar-refractivity contribution in [2.24, 2.45) is 0 Å². The topological polar surface area (TPSA) is 59.0 Å². The van der Waals surface area contributed by atoms with Crippen molar-refractivity contribution >= 4 is 17.2 Å². The Hall–Kier alpha value is -1.82. The highest BCUT2D eigenvalue weighted by Crippen LogP contribution is 2.31. The molecule has 2 aromatic rings. The summed E-state index contributed by atoms with van der Waals surface area (Å²) in [7, 11) is 0. The Bertz CT molecular complexity index is 697. The van der Waals surface area contributed by atoms with Gasteiger partial charge in [-0.05, 0) is 39.2 Å². The fourth-order valence-corrected chi connectivity index (χ4v) is 3.66. The number of aromatic nitrogens is 3. The van der Waals surface area contributed by atoms with Gasteiger partial charge in [0, 0.05) is 30.2 Å². The number of hydrogen-bond acceptors (Lipinski definition) is 5. The van der Waals surface area contributed by atoms with Gasteiger partial charge in [-0.2, -0.15) is 0 Å². The Morgan fingerprint density at radius 3 is 2.73 bits per heavy atom. The van der Waals surface area contributed by atoms with Crippen LogP contribution < -0.4 is 0 Å². The Labute approximate surface area is 134 Å². The maximum atomic E-state index is 11.9. The van der Waals surface area contributed by atoms with Crippen molar-refractivity contribution in [2.75, 3.05) is 6.54 Å². The number of carbonyl (C=O) groups excluding carboxylic acids is 1. The van der Waals surface area contributed by atoms with E-state index >= 15 is 0 Å². The van der Waals surface area contributed by atoms with Gasteiger partial charge < -0.3 is 4.90 Å². The van der Waals surface area contributed by atoms with Crippen LogP contribution in [0.25, 0.3) is 10.7 Å². The maximum absolute atomic E-state index is 11.9. The van der Waals surface area contributed by atoms with E-state index in [0.29, 0.717) is 0 Å². The monoisotopic (exact) mass is 316 g/mol. The molecule has 1 saturated heterocycles. The predicted molar refractivity (Wildman–Crippen MR) is 86.6 cm³/mol. The average Bonchev–Trinajstić information content (AvgIpc) is 2.93. The number of amides is 1. The minimum atomic E-state index is -0.00837. The zero-order valence-electron chi connectivity index (χ0n) is 13.2. The third kappa shape index (κ3) is 3.02. The molecular formula is C16H20N4OS. The summed E-state index contributed by atoms with van der Waals surface area (Å²) in [4.78, 5) is 27.6. The Morgan fingerprint density at radius 1 is 1.23 bits per heavy atom. The van der Waals surface area contributed by atoms with Crippen molar-refractivity contribution in [1.82, 2.24) is 19.9 Å². The number of likely N-dealkylation sites (tertiary alicyclic amines) is 1. The van der Waals surface area contributed by atoms with Crippen molar-refractivity contribution in [3.05, 3.63) is 28.7 Å². The second kappa shape index (κ2) is 6.12. The van der Waals surface area contributed by atoms with E-state index in [4.69, 9.17) is 4.98 Å². The van der Waals surface area contributed by atoms with Crippen LogP contribution in [-0.4, -0.2) is 32.3 Å². The minimum absolute atomic E-state index is 0.00837. The molecule has 0 radical (unpaired) electrons. The molecule has 0 aliphatic carbocycles. The van der Waals surface area contributed by atoms with Gasteiger partial charge >= 0.3 is 0 Å². The molecule has 3 heterocycles. The standard InChI is InChI=1S/C16H20N4OS/c1-10-8-13(16-18-11(2)9-22-16)19-15(17-10)14-6-4-5-7-20(14)12(3)21/h8-9,14H,4-7H2,1-3H3. The molecule has 0 saturated carbocycles. The van der Waals surface area contributed by atoms with E-state index in [1.165, 1.54) is 0 Å². The molecule has 3 rings (SSSR count). The largest absolute Gasteiger partial charge is 0.333 e. The van der Waals surface area contributed by atoms with Crippen LogP contribution in [0.1, 0.15) is 49.4 Å². The van der Waals surface area contributed by atoms with Gasteiger partial charge in [0.2, 0.25) is 5.91 Å². The third-order valence-corrected chi connectivity index (χ3v) is 4.90. The molecule has 0 aromatic carbocycles. The van der Waals surface area contributed by atoms with Gasteiger partial charge in [0.05, 0.1) is 6.04 Å². The van der Waals surface area contributed by atoms with Crippen LogP contribution in [0.4, 0.5) is 0 Å². The summed E-state index contributed by atoms with van der Waals surface area (Å²) in [5.41, 5.74) is 2.78. The van der Waals surface area contributed by atoms with Crippen LogP contribution in [0.5, 0.6) is 0 Å². The van der Waals surface area contributed by atoms with E-state index in [-0.39, 0.29) is 11.9 Å². The lowest BCUT2D eigenvalue weighted by molar-refractivity contribution is -0.132. The molecule has 116 valence electrons. The molecule has 1 fully saturated rings. The van der Waals surface area contributed by atoms with Crippen molar-refractivity contribution in [3.8, 4) is 10.7 Å². The Balaban J connectivity index is 1.99. The number of nitrogens with zero attached hydrogens (tertiary/aromatic N) is 4. The average molecular weight is 316 g/mol. The molecular weight excluding hydrogens is 296 g/mol. The maximum Gasteiger partial charge on any atom is 0.220 e. The molecule has 0 spiro atoms. The molecule has 1 unspecified atom stereocenters. The zero-order valence-corrected chi connectivity index (χ0v) is 14.0. The van der Waals surface area contributed by atoms with E-state index in [2.05, 4.69) is 9.97 Å². The molecule has 0 bridgehead atoms. The molecule has 2 aromatic heterocycles. The van der Waals surface area contributed by atoms with Gasteiger partial charge in [0.15, 0.2) is 5.82 Å². The molecule has 22 heavy (non-hydrogen) atoms. The van der Waals surface area contributed by atoms with Crippen LogP contribution in [0.3, 0.4) is 0 Å². The summed E-state index contributed by atoms with van der Waals surface area (Å²) in [5.74, 6) is 0.846. The Kier molecular flexibility index (Phi) is 4.20. The normalized spacial score (nSPS) is 18.5. The molecule has 0 N–H and O–H groups in total. The summed E-state index contributed by atoms with van der Waals surface area (Å²) < 4.78 is 0. The highest BCUT2D eigenvalue weighted by atomic mass is 32.1. The highest BCUT2D eigenvalue weighted by Gasteiger charge is 2.28. The summed E-state index contributed by atoms with van der Waals surface area (Å²) in [5, 5.41) is 2.93. The van der Waals surface area contributed by atoms with Gasteiger partial charge in [-0.3, -0.25) is 4.79 Å². The fraction of sp³-hybridized carbons (Fsp3) is 0.500. The molecule has 5 nitrogen and oxygen atoms in total. The van der Waals surface area contributed by atoms with Crippen LogP contribution in [0, 0.1) is 13.8 Å². The zero-order chi connectivity index (χ0) is 15.7.